The predicted octanol–water partition coefficient (Wildman–Crippen LogP) is 3.36. The maximum absolute atomic E-state index is 10.8. The van der Waals surface area contributed by atoms with Crippen LogP contribution in [0.15, 0.2) is 0 Å². The summed E-state index contributed by atoms with van der Waals surface area (Å²) >= 11 is 9.03. The van der Waals surface area contributed by atoms with E-state index in [1.54, 1.807) is 0 Å². The summed E-state index contributed by atoms with van der Waals surface area (Å²) in [5.41, 5.74) is 0.192. The van der Waals surface area contributed by atoms with Crippen LogP contribution in [0, 0.1) is 17.3 Å². The van der Waals surface area contributed by atoms with Gasteiger partial charge in [0, 0.05) is 4.83 Å². The van der Waals surface area contributed by atoms with E-state index in [1.807, 2.05) is 0 Å². The van der Waals surface area contributed by atoms with Gasteiger partial charge in [-0.05, 0) is 48.6 Å². The molecule has 0 amide bonds. The average Bonchev–Trinajstić information content (AvgIpc) is 2.66. The summed E-state index contributed by atoms with van der Waals surface area (Å²) in [4.78, 5) is 11.1. The number of carbonyl (C=O) groups excluding carboxylic acids is 1. The molecule has 2 fully saturated rings. The third-order valence-corrected chi connectivity index (χ3v) is 6.00. The normalized spacial score (nSPS) is 44.9. The van der Waals surface area contributed by atoms with E-state index in [9.17, 15) is 4.79 Å². The Morgan fingerprint density at radius 1 is 1.44 bits per heavy atom. The van der Waals surface area contributed by atoms with Gasteiger partial charge >= 0.3 is 0 Å². The van der Waals surface area contributed by atoms with Gasteiger partial charge in [-0.15, -0.1) is 0 Å². The molecule has 0 N–H and O–H groups in total. The van der Waals surface area contributed by atoms with Crippen molar-refractivity contribution in [1.82, 2.24) is 0 Å². The van der Waals surface area contributed by atoms with Crippen LogP contribution in [0.4, 0.5) is 0 Å². The first-order valence-corrected chi connectivity index (χ1v) is 7.03. The molecular weight excluding hydrogens is 291 g/mol. The SMILES string of the molecule is CC1(C)[C@@H]2C[C@@H](Br)[C@](C)(OCC(=O)Cl)C[C@@H]21. The van der Waals surface area contributed by atoms with Crippen molar-refractivity contribution in [3.63, 3.8) is 0 Å². The van der Waals surface area contributed by atoms with Crippen LogP contribution in [0.3, 0.4) is 0 Å². The van der Waals surface area contributed by atoms with Crippen molar-refractivity contribution in [3.8, 4) is 0 Å². The van der Waals surface area contributed by atoms with E-state index in [0.717, 1.165) is 24.7 Å². The Balaban J connectivity index is 2.02. The molecule has 2 aliphatic rings. The highest BCUT2D eigenvalue weighted by Crippen LogP contribution is 2.67. The fraction of sp³-hybridized carbons (Fsp3) is 0.917. The summed E-state index contributed by atoms with van der Waals surface area (Å²) < 4.78 is 5.71. The topological polar surface area (TPSA) is 26.3 Å². The number of halogens is 2. The first kappa shape index (κ1) is 12.8. The molecule has 2 saturated carbocycles. The molecule has 0 aromatic rings. The number of rotatable bonds is 3. The largest absolute Gasteiger partial charge is 0.365 e. The summed E-state index contributed by atoms with van der Waals surface area (Å²) in [6, 6.07) is 0. The second-order valence-electron chi connectivity index (χ2n) is 5.90. The molecule has 0 bridgehead atoms. The second-order valence-corrected chi connectivity index (χ2v) is 7.43. The van der Waals surface area contributed by atoms with Crippen LogP contribution in [0.25, 0.3) is 0 Å². The molecule has 0 aromatic heterocycles. The molecule has 0 aliphatic heterocycles. The van der Waals surface area contributed by atoms with Gasteiger partial charge in [0.25, 0.3) is 0 Å². The lowest BCUT2D eigenvalue weighted by molar-refractivity contribution is -0.124. The minimum Gasteiger partial charge on any atom is -0.365 e. The number of carbonyl (C=O) groups is 1. The van der Waals surface area contributed by atoms with Crippen molar-refractivity contribution in [3.05, 3.63) is 0 Å². The van der Waals surface area contributed by atoms with Crippen molar-refractivity contribution >= 4 is 32.8 Å². The molecule has 4 atom stereocenters. The summed E-state index contributed by atoms with van der Waals surface area (Å²) in [7, 11) is 0. The Morgan fingerprint density at radius 2 is 2.06 bits per heavy atom. The molecule has 0 heterocycles. The van der Waals surface area contributed by atoms with Gasteiger partial charge in [-0.3, -0.25) is 4.79 Å². The minimum absolute atomic E-state index is 0.0119. The highest BCUT2D eigenvalue weighted by Gasteiger charge is 2.64. The fourth-order valence-corrected chi connectivity index (χ4v) is 3.91. The number of ether oxygens (including phenoxy) is 1. The maximum Gasteiger partial charge on any atom is 0.247 e. The zero-order chi connectivity index (χ0) is 12.1. The summed E-state index contributed by atoms with van der Waals surface area (Å²) in [6.45, 7) is 6.73. The monoisotopic (exact) mass is 308 g/mol. The Bertz CT molecular complexity index is 318. The van der Waals surface area contributed by atoms with Gasteiger partial charge in [0.1, 0.15) is 6.61 Å². The standard InChI is InChI=1S/C12H18BrClO2/c1-11(2)7-4-9(13)12(3,5-8(7)11)16-6-10(14)15/h7-9H,4-6H2,1-3H3/t7-,8+,9-,12-/m1/s1. The Labute approximate surface area is 110 Å². The highest BCUT2D eigenvalue weighted by atomic mass is 79.9. The van der Waals surface area contributed by atoms with Crippen molar-refractivity contribution in [2.45, 2.75) is 44.0 Å². The number of fused-ring (bicyclic) bond motifs is 1. The number of alkyl halides is 1. The van der Waals surface area contributed by atoms with E-state index in [4.69, 9.17) is 16.3 Å². The second kappa shape index (κ2) is 3.96. The van der Waals surface area contributed by atoms with Gasteiger partial charge in [0.05, 0.1) is 5.60 Å². The van der Waals surface area contributed by atoms with Gasteiger partial charge in [0.15, 0.2) is 0 Å². The van der Waals surface area contributed by atoms with Gasteiger partial charge < -0.3 is 4.74 Å². The van der Waals surface area contributed by atoms with E-state index < -0.39 is 5.24 Å². The Hall–Kier alpha value is 0.400. The zero-order valence-electron chi connectivity index (χ0n) is 9.93. The zero-order valence-corrected chi connectivity index (χ0v) is 12.3. The molecule has 2 rings (SSSR count). The predicted molar refractivity (Wildman–Crippen MR) is 67.9 cm³/mol. The maximum atomic E-state index is 10.8. The summed E-state index contributed by atoms with van der Waals surface area (Å²) in [6.07, 6.45) is 2.15. The molecule has 2 nitrogen and oxygen atoms in total. The minimum atomic E-state index is -0.418. The fourth-order valence-electron chi connectivity index (χ4n) is 3.14. The van der Waals surface area contributed by atoms with Crippen LogP contribution in [-0.4, -0.2) is 22.3 Å². The molecular formula is C12H18BrClO2. The molecule has 0 saturated heterocycles. The van der Waals surface area contributed by atoms with Crippen LogP contribution in [0.5, 0.6) is 0 Å². The molecule has 0 aromatic carbocycles. The van der Waals surface area contributed by atoms with E-state index in [2.05, 4.69) is 36.7 Å². The van der Waals surface area contributed by atoms with E-state index in [-0.39, 0.29) is 12.2 Å². The van der Waals surface area contributed by atoms with Crippen LogP contribution in [0.1, 0.15) is 33.6 Å². The van der Waals surface area contributed by atoms with E-state index in [1.165, 1.54) is 0 Å². The van der Waals surface area contributed by atoms with Crippen molar-refractivity contribution < 1.29 is 9.53 Å². The number of hydrogen-bond donors (Lipinski definition) is 0. The summed E-state index contributed by atoms with van der Waals surface area (Å²) in [5, 5.41) is -0.418. The third-order valence-electron chi connectivity index (χ3n) is 4.55. The molecule has 4 heteroatoms. The molecule has 92 valence electrons. The lowest BCUT2D eigenvalue weighted by atomic mass is 9.86. The van der Waals surface area contributed by atoms with Crippen LogP contribution in [-0.2, 0) is 9.53 Å². The van der Waals surface area contributed by atoms with Crippen LogP contribution < -0.4 is 0 Å². The molecule has 0 radical (unpaired) electrons. The smallest absolute Gasteiger partial charge is 0.247 e. The van der Waals surface area contributed by atoms with Crippen molar-refractivity contribution in [1.29, 1.82) is 0 Å². The quantitative estimate of drug-likeness (QED) is 0.590. The lowest BCUT2D eigenvalue weighted by Gasteiger charge is -2.37. The summed E-state index contributed by atoms with van der Waals surface area (Å²) in [5.74, 6) is 1.54. The van der Waals surface area contributed by atoms with Gasteiger partial charge in [0.2, 0.25) is 5.24 Å². The van der Waals surface area contributed by atoms with Crippen molar-refractivity contribution in [2.24, 2.45) is 17.3 Å². The average molecular weight is 310 g/mol. The third kappa shape index (κ3) is 2.06. The Morgan fingerprint density at radius 3 is 2.62 bits per heavy atom. The van der Waals surface area contributed by atoms with Crippen LogP contribution >= 0.6 is 27.5 Å². The van der Waals surface area contributed by atoms with E-state index in [0.29, 0.717) is 10.2 Å². The van der Waals surface area contributed by atoms with Crippen LogP contribution in [0.2, 0.25) is 0 Å². The molecule has 0 unspecified atom stereocenters. The van der Waals surface area contributed by atoms with E-state index >= 15 is 0 Å². The first-order chi connectivity index (χ1) is 7.27. The lowest BCUT2D eigenvalue weighted by Crippen LogP contribution is -2.43. The molecule has 16 heavy (non-hydrogen) atoms. The first-order valence-electron chi connectivity index (χ1n) is 5.74. The van der Waals surface area contributed by atoms with Gasteiger partial charge in [-0.25, -0.2) is 0 Å². The molecule has 0 spiro atoms. The van der Waals surface area contributed by atoms with Gasteiger partial charge in [-0.1, -0.05) is 29.8 Å². The Kier molecular flexibility index (Phi) is 3.18. The van der Waals surface area contributed by atoms with Crippen molar-refractivity contribution in [2.75, 3.05) is 6.61 Å². The highest BCUT2D eigenvalue weighted by molar-refractivity contribution is 9.09. The van der Waals surface area contributed by atoms with Gasteiger partial charge in [-0.2, -0.15) is 0 Å². The number of hydrogen-bond acceptors (Lipinski definition) is 2. The molecule has 2 aliphatic carbocycles.